The summed E-state index contributed by atoms with van der Waals surface area (Å²) in [5.41, 5.74) is 1.95. The van der Waals surface area contributed by atoms with Crippen molar-refractivity contribution in [2.75, 3.05) is 40.5 Å². The van der Waals surface area contributed by atoms with Crippen molar-refractivity contribution < 1.29 is 14.3 Å². The van der Waals surface area contributed by atoms with Gasteiger partial charge in [-0.05, 0) is 38.7 Å². The minimum atomic E-state index is -0.156. The molecule has 8 nitrogen and oxygen atoms in total. The number of carbonyl (C=O) groups excluding carboxylic acids is 1. The molecule has 0 spiro atoms. The van der Waals surface area contributed by atoms with Crippen molar-refractivity contribution in [2.24, 2.45) is 0 Å². The van der Waals surface area contributed by atoms with Crippen LogP contribution in [0.2, 0.25) is 0 Å². The second-order valence-corrected chi connectivity index (χ2v) is 6.18. The first-order valence-corrected chi connectivity index (χ1v) is 8.09. The van der Waals surface area contributed by atoms with Crippen LogP contribution in [0.1, 0.15) is 16.8 Å². The summed E-state index contributed by atoms with van der Waals surface area (Å²) < 4.78 is 11.4. The Morgan fingerprint density at radius 3 is 3.08 bits per heavy atom. The van der Waals surface area contributed by atoms with Crippen molar-refractivity contribution >= 4 is 16.9 Å². The van der Waals surface area contributed by atoms with E-state index in [9.17, 15) is 4.79 Å². The fraction of sp³-hybridized carbons (Fsp3) is 0.562. The lowest BCUT2D eigenvalue weighted by molar-refractivity contribution is -0.0561. The standard InChI is InChI=1S/C16H23N5O3/c1-21(2)6-8-24-15-5-7-23-10-14(15)17-16(22)11-3-4-12-13(9-11)19-20-18-12/h3-4,9,14-15H,5-8,10H2,1-2H3,(H,17,22)(H,18,19,20)/t14-,15+/m1/s1. The highest BCUT2D eigenvalue weighted by Crippen LogP contribution is 2.14. The summed E-state index contributed by atoms with van der Waals surface area (Å²) in [6.45, 7) is 2.60. The lowest BCUT2D eigenvalue weighted by atomic mass is 10.1. The Labute approximate surface area is 140 Å². The number of likely N-dealkylation sites (N-methyl/N-ethyl adjacent to an activating group) is 1. The first-order valence-electron chi connectivity index (χ1n) is 8.09. The number of nitrogens with one attached hydrogen (secondary N) is 2. The average Bonchev–Trinajstić information content (AvgIpc) is 3.03. The van der Waals surface area contributed by atoms with Gasteiger partial charge in [0.25, 0.3) is 5.91 Å². The predicted molar refractivity (Wildman–Crippen MR) is 88.9 cm³/mol. The number of amides is 1. The van der Waals surface area contributed by atoms with E-state index in [1.54, 1.807) is 18.2 Å². The van der Waals surface area contributed by atoms with Gasteiger partial charge in [0, 0.05) is 18.7 Å². The summed E-state index contributed by atoms with van der Waals surface area (Å²) in [4.78, 5) is 14.6. The van der Waals surface area contributed by atoms with Crippen LogP contribution in [0, 0.1) is 0 Å². The van der Waals surface area contributed by atoms with Crippen LogP contribution >= 0.6 is 0 Å². The van der Waals surface area contributed by atoms with E-state index >= 15 is 0 Å². The fourth-order valence-electron chi connectivity index (χ4n) is 2.67. The second kappa shape index (κ2) is 7.69. The quantitative estimate of drug-likeness (QED) is 0.796. The van der Waals surface area contributed by atoms with Crippen molar-refractivity contribution in [2.45, 2.75) is 18.6 Å². The van der Waals surface area contributed by atoms with E-state index in [0.717, 1.165) is 18.5 Å². The molecule has 1 saturated heterocycles. The highest BCUT2D eigenvalue weighted by molar-refractivity contribution is 5.97. The van der Waals surface area contributed by atoms with Crippen molar-refractivity contribution in [3.8, 4) is 0 Å². The third kappa shape index (κ3) is 4.08. The van der Waals surface area contributed by atoms with Gasteiger partial charge < -0.3 is 19.7 Å². The second-order valence-electron chi connectivity index (χ2n) is 6.18. The van der Waals surface area contributed by atoms with Gasteiger partial charge in [-0.15, -0.1) is 0 Å². The maximum Gasteiger partial charge on any atom is 0.251 e. The summed E-state index contributed by atoms with van der Waals surface area (Å²) in [6.07, 6.45) is 0.749. The van der Waals surface area contributed by atoms with Crippen LogP contribution in [0.15, 0.2) is 18.2 Å². The number of fused-ring (bicyclic) bond motifs is 1. The number of aromatic nitrogens is 3. The molecular weight excluding hydrogens is 310 g/mol. The summed E-state index contributed by atoms with van der Waals surface area (Å²) in [5, 5.41) is 13.6. The summed E-state index contributed by atoms with van der Waals surface area (Å²) in [5.74, 6) is -0.156. The SMILES string of the molecule is CN(C)CCO[C@H]1CCOC[C@H]1NC(=O)c1ccc2n[nH]nc2c1. The highest BCUT2D eigenvalue weighted by atomic mass is 16.5. The number of carbonyl (C=O) groups is 1. The third-order valence-corrected chi connectivity index (χ3v) is 4.06. The van der Waals surface area contributed by atoms with Crippen LogP contribution in [0.5, 0.6) is 0 Å². The molecule has 8 heteroatoms. The number of benzene rings is 1. The van der Waals surface area contributed by atoms with Gasteiger partial charge in [-0.25, -0.2) is 0 Å². The maximum absolute atomic E-state index is 12.5. The molecule has 1 aliphatic rings. The van der Waals surface area contributed by atoms with Crippen molar-refractivity contribution in [3.05, 3.63) is 23.8 Å². The molecule has 130 valence electrons. The van der Waals surface area contributed by atoms with E-state index < -0.39 is 0 Å². The van der Waals surface area contributed by atoms with E-state index in [1.807, 2.05) is 14.1 Å². The van der Waals surface area contributed by atoms with E-state index in [1.165, 1.54) is 0 Å². The van der Waals surface area contributed by atoms with Gasteiger partial charge in [0.05, 0.1) is 25.4 Å². The average molecular weight is 333 g/mol. The fourth-order valence-corrected chi connectivity index (χ4v) is 2.67. The van der Waals surface area contributed by atoms with Gasteiger partial charge in [-0.2, -0.15) is 15.4 Å². The number of H-pyrrole nitrogens is 1. The largest absolute Gasteiger partial charge is 0.379 e. The molecule has 2 aromatic rings. The molecule has 0 bridgehead atoms. The van der Waals surface area contributed by atoms with Crippen molar-refractivity contribution in [3.63, 3.8) is 0 Å². The molecule has 0 saturated carbocycles. The van der Waals surface area contributed by atoms with Gasteiger partial charge in [0.15, 0.2) is 0 Å². The predicted octanol–water partition coefficient (Wildman–Crippen LogP) is 0.423. The number of rotatable bonds is 6. The minimum absolute atomic E-state index is 0.0292. The van der Waals surface area contributed by atoms with Crippen LogP contribution in [0.3, 0.4) is 0 Å². The maximum atomic E-state index is 12.5. The Kier molecular flexibility index (Phi) is 5.39. The van der Waals surface area contributed by atoms with Crippen LogP contribution < -0.4 is 5.32 Å². The zero-order valence-electron chi connectivity index (χ0n) is 14.0. The molecule has 2 atom stereocenters. The van der Waals surface area contributed by atoms with Crippen LogP contribution in [-0.4, -0.2) is 78.8 Å². The smallest absolute Gasteiger partial charge is 0.251 e. The van der Waals surface area contributed by atoms with Gasteiger partial charge >= 0.3 is 0 Å². The summed E-state index contributed by atoms with van der Waals surface area (Å²) in [6, 6.07) is 5.09. The molecule has 1 fully saturated rings. The summed E-state index contributed by atoms with van der Waals surface area (Å²) >= 11 is 0. The van der Waals surface area contributed by atoms with Gasteiger partial charge in [-0.3, -0.25) is 4.79 Å². The van der Waals surface area contributed by atoms with Crippen LogP contribution in [0.4, 0.5) is 0 Å². The van der Waals surface area contributed by atoms with Gasteiger partial charge in [0.2, 0.25) is 0 Å². The Bertz CT molecular complexity index is 687. The molecule has 1 aromatic heterocycles. The molecule has 2 heterocycles. The van der Waals surface area contributed by atoms with Crippen LogP contribution in [0.25, 0.3) is 11.0 Å². The zero-order chi connectivity index (χ0) is 16.9. The number of ether oxygens (including phenoxy) is 2. The third-order valence-electron chi connectivity index (χ3n) is 4.06. The topological polar surface area (TPSA) is 92.4 Å². The first kappa shape index (κ1) is 16.8. The Hall–Kier alpha value is -2.03. The lowest BCUT2D eigenvalue weighted by Crippen LogP contribution is -2.51. The number of hydrogen-bond acceptors (Lipinski definition) is 6. The van der Waals surface area contributed by atoms with E-state index in [4.69, 9.17) is 9.47 Å². The molecule has 1 aliphatic heterocycles. The molecule has 1 aromatic carbocycles. The van der Waals surface area contributed by atoms with E-state index in [2.05, 4.69) is 25.6 Å². The molecule has 0 unspecified atom stereocenters. The molecule has 0 radical (unpaired) electrons. The monoisotopic (exact) mass is 333 g/mol. The normalized spacial score (nSPS) is 21.3. The summed E-state index contributed by atoms with van der Waals surface area (Å²) in [7, 11) is 4.01. The van der Waals surface area contributed by atoms with Crippen LogP contribution in [-0.2, 0) is 9.47 Å². The number of hydrogen-bond donors (Lipinski definition) is 2. The lowest BCUT2D eigenvalue weighted by Gasteiger charge is -2.32. The number of aromatic amines is 1. The molecule has 2 N–H and O–H groups in total. The molecule has 24 heavy (non-hydrogen) atoms. The van der Waals surface area contributed by atoms with E-state index in [0.29, 0.717) is 30.9 Å². The molecule has 0 aliphatic carbocycles. The Morgan fingerprint density at radius 2 is 2.25 bits per heavy atom. The Balaban J connectivity index is 1.62. The zero-order valence-corrected chi connectivity index (χ0v) is 14.0. The van der Waals surface area contributed by atoms with Gasteiger partial charge in [-0.1, -0.05) is 0 Å². The van der Waals surface area contributed by atoms with Gasteiger partial charge in [0.1, 0.15) is 11.0 Å². The van der Waals surface area contributed by atoms with E-state index in [-0.39, 0.29) is 18.1 Å². The Morgan fingerprint density at radius 1 is 1.42 bits per heavy atom. The first-order chi connectivity index (χ1) is 11.6. The molecule has 3 rings (SSSR count). The van der Waals surface area contributed by atoms with Crippen molar-refractivity contribution in [1.29, 1.82) is 0 Å². The highest BCUT2D eigenvalue weighted by Gasteiger charge is 2.28. The number of nitrogens with zero attached hydrogens (tertiary/aromatic N) is 3. The molecular formula is C16H23N5O3. The van der Waals surface area contributed by atoms with Crippen molar-refractivity contribution in [1.82, 2.24) is 25.6 Å². The molecule has 1 amide bonds. The minimum Gasteiger partial charge on any atom is -0.379 e.